The van der Waals surface area contributed by atoms with Crippen molar-refractivity contribution in [2.75, 3.05) is 11.9 Å². The summed E-state index contributed by atoms with van der Waals surface area (Å²) in [6.45, 7) is 0.310. The van der Waals surface area contributed by atoms with E-state index in [2.05, 4.69) is 5.32 Å². The molecule has 10 heteroatoms. The van der Waals surface area contributed by atoms with E-state index >= 15 is 0 Å². The quantitative estimate of drug-likeness (QED) is 0.496. The van der Waals surface area contributed by atoms with Gasteiger partial charge in [-0.15, -0.1) is 11.3 Å². The summed E-state index contributed by atoms with van der Waals surface area (Å²) < 4.78 is 0.457. The lowest BCUT2D eigenvalue weighted by Gasteiger charge is -2.15. The fraction of sp³-hybridized carbons (Fsp3) is 0.158. The Balaban J connectivity index is 1.51. The third-order valence-electron chi connectivity index (χ3n) is 3.97. The molecule has 0 atom stereocenters. The van der Waals surface area contributed by atoms with Crippen molar-refractivity contribution < 1.29 is 24.6 Å². The van der Waals surface area contributed by atoms with Crippen LogP contribution in [0.25, 0.3) is 6.08 Å². The first-order chi connectivity index (χ1) is 13.8. The van der Waals surface area contributed by atoms with Gasteiger partial charge in [-0.1, -0.05) is 35.8 Å². The monoisotopic (exact) mass is 447 g/mol. The van der Waals surface area contributed by atoms with Crippen LogP contribution in [0.15, 0.2) is 40.6 Å². The van der Waals surface area contributed by atoms with Crippen molar-refractivity contribution in [3.05, 3.63) is 51.1 Å². The molecule has 0 spiro atoms. The number of carbonyl (C=O) groups is 3. The maximum Gasteiger partial charge on any atom is 0.335 e. The number of thiophene rings is 1. The molecule has 3 rings (SSSR count). The lowest BCUT2D eigenvalue weighted by Crippen LogP contribution is -2.29. The SMILES string of the molecule is O=C(CCCN1C(=O)/C(=C/c2cccs2)SC1=S)Nc1ccc(C(=O)O)c([O-])c1. The largest absolute Gasteiger partial charge is 0.872 e. The number of carboxylic acid groups (broad SMARTS) is 1. The first-order valence-electron chi connectivity index (χ1n) is 8.48. The summed E-state index contributed by atoms with van der Waals surface area (Å²) in [6, 6.07) is 7.40. The summed E-state index contributed by atoms with van der Waals surface area (Å²) in [5.41, 5.74) is -0.123. The maximum atomic E-state index is 12.5. The highest BCUT2D eigenvalue weighted by molar-refractivity contribution is 8.26. The van der Waals surface area contributed by atoms with Gasteiger partial charge in [0, 0.05) is 23.5 Å². The average molecular weight is 448 g/mol. The zero-order valence-corrected chi connectivity index (χ0v) is 17.4. The van der Waals surface area contributed by atoms with Crippen molar-refractivity contribution in [3.63, 3.8) is 0 Å². The van der Waals surface area contributed by atoms with E-state index < -0.39 is 11.7 Å². The second kappa shape index (κ2) is 9.21. The zero-order chi connectivity index (χ0) is 21.0. The summed E-state index contributed by atoms with van der Waals surface area (Å²) in [7, 11) is 0. The molecule has 2 heterocycles. The average Bonchev–Trinajstić information content (AvgIpc) is 3.25. The third-order valence-corrected chi connectivity index (χ3v) is 6.17. The minimum atomic E-state index is -1.32. The number of benzene rings is 1. The molecular formula is C19H15N2O5S3-. The van der Waals surface area contributed by atoms with Gasteiger partial charge < -0.3 is 15.5 Å². The summed E-state index contributed by atoms with van der Waals surface area (Å²) >= 11 is 8.04. The number of rotatable bonds is 7. The van der Waals surface area contributed by atoms with Gasteiger partial charge >= 0.3 is 5.97 Å². The molecule has 2 aromatic rings. The highest BCUT2D eigenvalue weighted by Crippen LogP contribution is 2.33. The number of thioether (sulfide) groups is 1. The Morgan fingerprint density at radius 2 is 2.10 bits per heavy atom. The molecular weight excluding hydrogens is 432 g/mol. The fourth-order valence-corrected chi connectivity index (χ4v) is 4.62. The van der Waals surface area contributed by atoms with E-state index in [1.165, 1.54) is 34.1 Å². The van der Waals surface area contributed by atoms with E-state index in [9.17, 15) is 19.5 Å². The van der Waals surface area contributed by atoms with Crippen molar-refractivity contribution in [2.24, 2.45) is 0 Å². The van der Waals surface area contributed by atoms with Crippen molar-refractivity contribution in [1.29, 1.82) is 0 Å². The van der Waals surface area contributed by atoms with E-state index in [1.54, 1.807) is 6.08 Å². The molecule has 0 aliphatic carbocycles. The molecule has 29 heavy (non-hydrogen) atoms. The molecule has 150 valence electrons. The Bertz CT molecular complexity index is 1000. The number of amides is 2. The molecule has 0 unspecified atom stereocenters. The number of anilines is 1. The van der Waals surface area contributed by atoms with Gasteiger partial charge in [0.2, 0.25) is 5.91 Å². The standard InChI is InChI=1S/C19H16N2O5S3/c22-14-9-11(5-6-13(14)18(25)26)20-16(23)4-1-7-21-17(24)15(29-19(21)27)10-12-3-2-8-28-12/h2-3,5-6,8-10,22H,1,4,7H2,(H,20,23)(H,25,26)/p-1/b15-10-. The topological polar surface area (TPSA) is 110 Å². The van der Waals surface area contributed by atoms with Gasteiger partial charge in [-0.05, 0) is 42.1 Å². The van der Waals surface area contributed by atoms with Crippen LogP contribution >= 0.6 is 35.3 Å². The van der Waals surface area contributed by atoms with Crippen molar-refractivity contribution in [3.8, 4) is 5.75 Å². The Hall–Kier alpha value is -2.69. The Labute approximate surface area is 180 Å². The molecule has 1 aromatic heterocycles. The predicted octanol–water partition coefficient (Wildman–Crippen LogP) is 3.14. The van der Waals surface area contributed by atoms with Crippen LogP contribution in [-0.4, -0.2) is 38.7 Å². The van der Waals surface area contributed by atoms with Crippen LogP contribution in [0, 0.1) is 0 Å². The fourth-order valence-electron chi connectivity index (χ4n) is 2.59. The number of carboxylic acids is 1. The van der Waals surface area contributed by atoms with E-state index in [0.29, 0.717) is 22.2 Å². The minimum Gasteiger partial charge on any atom is -0.872 e. The molecule has 0 radical (unpaired) electrons. The molecule has 0 bridgehead atoms. The molecule has 0 saturated carbocycles. The molecule has 2 amide bonds. The lowest BCUT2D eigenvalue weighted by molar-refractivity contribution is -0.268. The number of nitrogens with zero attached hydrogens (tertiary/aromatic N) is 1. The normalized spacial score (nSPS) is 15.2. The molecule has 7 nitrogen and oxygen atoms in total. The van der Waals surface area contributed by atoms with E-state index in [4.69, 9.17) is 17.3 Å². The highest BCUT2D eigenvalue weighted by atomic mass is 32.2. The van der Waals surface area contributed by atoms with Crippen molar-refractivity contribution in [1.82, 2.24) is 4.90 Å². The number of hydrogen-bond donors (Lipinski definition) is 2. The van der Waals surface area contributed by atoms with Crippen LogP contribution in [0.3, 0.4) is 0 Å². The first-order valence-corrected chi connectivity index (χ1v) is 10.6. The van der Waals surface area contributed by atoms with Gasteiger partial charge in [0.15, 0.2) is 0 Å². The predicted molar refractivity (Wildman–Crippen MR) is 115 cm³/mol. The summed E-state index contributed by atoms with van der Waals surface area (Å²) in [4.78, 5) is 38.4. The number of aromatic carboxylic acids is 1. The zero-order valence-electron chi connectivity index (χ0n) is 14.9. The second-order valence-corrected chi connectivity index (χ2v) is 8.67. The van der Waals surface area contributed by atoms with Gasteiger partial charge in [0.1, 0.15) is 4.32 Å². The van der Waals surface area contributed by atoms with Crippen LogP contribution < -0.4 is 10.4 Å². The molecule has 1 aliphatic rings. The lowest BCUT2D eigenvalue weighted by atomic mass is 10.2. The Kier molecular flexibility index (Phi) is 6.68. The summed E-state index contributed by atoms with van der Waals surface area (Å²) in [6.07, 6.45) is 2.32. The smallest absolute Gasteiger partial charge is 0.335 e. The molecule has 1 aromatic carbocycles. The molecule has 1 saturated heterocycles. The summed E-state index contributed by atoms with van der Waals surface area (Å²) in [5.74, 6) is -2.50. The van der Waals surface area contributed by atoms with Gasteiger partial charge in [0.05, 0.1) is 10.5 Å². The number of hydrogen-bond acceptors (Lipinski definition) is 7. The third kappa shape index (κ3) is 5.22. The van der Waals surface area contributed by atoms with E-state index in [0.717, 1.165) is 17.0 Å². The van der Waals surface area contributed by atoms with Gasteiger partial charge in [-0.2, -0.15) is 0 Å². The Morgan fingerprint density at radius 3 is 2.76 bits per heavy atom. The van der Waals surface area contributed by atoms with Gasteiger partial charge in [-0.25, -0.2) is 4.79 Å². The second-order valence-electron chi connectivity index (χ2n) is 6.02. The minimum absolute atomic E-state index is 0.121. The molecule has 1 aliphatic heterocycles. The number of nitrogens with one attached hydrogen (secondary N) is 1. The summed E-state index contributed by atoms with van der Waals surface area (Å²) in [5, 5.41) is 25.0. The Morgan fingerprint density at radius 1 is 1.31 bits per heavy atom. The number of carbonyl (C=O) groups excluding carboxylic acids is 2. The van der Waals surface area contributed by atoms with E-state index in [1.807, 2.05) is 17.5 Å². The number of thiocarbonyl (C=S) groups is 1. The van der Waals surface area contributed by atoms with Gasteiger partial charge in [0.25, 0.3) is 5.91 Å². The maximum absolute atomic E-state index is 12.5. The van der Waals surface area contributed by atoms with Crippen LogP contribution in [0.2, 0.25) is 0 Å². The highest BCUT2D eigenvalue weighted by Gasteiger charge is 2.31. The van der Waals surface area contributed by atoms with Crippen molar-refractivity contribution >= 4 is 69.2 Å². The van der Waals surface area contributed by atoms with E-state index in [-0.39, 0.29) is 29.5 Å². The van der Waals surface area contributed by atoms with Crippen LogP contribution in [-0.2, 0) is 9.59 Å². The van der Waals surface area contributed by atoms with Crippen LogP contribution in [0.5, 0.6) is 5.75 Å². The van der Waals surface area contributed by atoms with Crippen LogP contribution in [0.1, 0.15) is 28.1 Å². The first kappa shape index (κ1) is 21.0. The van der Waals surface area contributed by atoms with Crippen LogP contribution in [0.4, 0.5) is 5.69 Å². The van der Waals surface area contributed by atoms with Gasteiger partial charge in [-0.3, -0.25) is 14.5 Å². The molecule has 1 fully saturated rings. The van der Waals surface area contributed by atoms with Crippen molar-refractivity contribution in [2.45, 2.75) is 12.8 Å². The molecule has 2 N–H and O–H groups in total.